The van der Waals surface area contributed by atoms with Crippen LogP contribution >= 0.6 is 11.3 Å². The normalized spacial score (nSPS) is 14.4. The second kappa shape index (κ2) is 14.4. The quantitative estimate of drug-likeness (QED) is 0.480. The standard InChI is InChI=1S/C22H32N2O3S2.C2H2O4.H2O/c1-22(2,3)19-7-9-21(10-8-19)29(25,26)24(18-20-6-4-17-28-20)12-5-11-23-13-15-27-16-14-23;3-1(4)2(5)6;/h4,6-10,17H,5,11-16,18H2,1-3H3;(H,3,4)(H,5,6);1H2. The fraction of sp³-hybridized carbons (Fsp3) is 0.500. The van der Waals surface area contributed by atoms with Gasteiger partial charge in [0, 0.05) is 31.1 Å². The molecule has 1 aliphatic heterocycles. The van der Waals surface area contributed by atoms with E-state index >= 15 is 0 Å². The van der Waals surface area contributed by atoms with Crippen LogP contribution in [0.2, 0.25) is 0 Å². The highest BCUT2D eigenvalue weighted by Crippen LogP contribution is 2.26. The van der Waals surface area contributed by atoms with Crippen molar-refractivity contribution in [3.8, 4) is 0 Å². The van der Waals surface area contributed by atoms with Crippen LogP contribution in [0.4, 0.5) is 0 Å². The van der Waals surface area contributed by atoms with E-state index in [1.807, 2.05) is 29.6 Å². The van der Waals surface area contributed by atoms with E-state index in [9.17, 15) is 8.42 Å². The van der Waals surface area contributed by atoms with Gasteiger partial charge in [-0.25, -0.2) is 18.0 Å². The van der Waals surface area contributed by atoms with Gasteiger partial charge in [0.1, 0.15) is 0 Å². The fourth-order valence-corrected chi connectivity index (χ4v) is 5.69. The number of rotatable bonds is 8. The van der Waals surface area contributed by atoms with E-state index in [1.54, 1.807) is 27.8 Å². The minimum atomic E-state index is -3.55. The Bertz CT molecular complexity index is 1030. The van der Waals surface area contributed by atoms with Gasteiger partial charge < -0.3 is 20.4 Å². The van der Waals surface area contributed by atoms with Crippen molar-refractivity contribution in [3.05, 3.63) is 52.2 Å². The van der Waals surface area contributed by atoms with E-state index in [-0.39, 0.29) is 10.9 Å². The zero-order valence-corrected chi connectivity index (χ0v) is 22.5. The Hall–Kier alpha value is -2.35. The van der Waals surface area contributed by atoms with E-state index in [0.717, 1.165) is 49.7 Å². The number of sulfonamides is 1. The lowest BCUT2D eigenvalue weighted by Gasteiger charge is -2.28. The Kier molecular flexibility index (Phi) is 12.7. The molecule has 4 N–H and O–H groups in total. The van der Waals surface area contributed by atoms with Gasteiger partial charge in [-0.1, -0.05) is 39.0 Å². The van der Waals surface area contributed by atoms with Gasteiger partial charge in [0.2, 0.25) is 10.0 Å². The molecule has 2 heterocycles. The summed E-state index contributed by atoms with van der Waals surface area (Å²) in [5.41, 5.74) is 1.13. The molecule has 0 radical (unpaired) electrons. The van der Waals surface area contributed by atoms with Gasteiger partial charge in [-0.2, -0.15) is 4.31 Å². The van der Waals surface area contributed by atoms with Crippen LogP contribution in [0.15, 0.2) is 46.7 Å². The number of aliphatic carboxylic acids is 2. The summed E-state index contributed by atoms with van der Waals surface area (Å²) in [5.74, 6) is -3.65. The van der Waals surface area contributed by atoms with E-state index in [1.165, 1.54) is 0 Å². The van der Waals surface area contributed by atoms with Gasteiger partial charge >= 0.3 is 11.9 Å². The number of carboxylic acid groups (broad SMARTS) is 2. The maximum atomic E-state index is 13.4. The zero-order valence-electron chi connectivity index (χ0n) is 20.8. The Labute approximate surface area is 216 Å². The number of morpholine rings is 1. The number of ether oxygens (including phenoxy) is 1. The van der Waals surface area contributed by atoms with Crippen molar-refractivity contribution >= 4 is 33.3 Å². The maximum Gasteiger partial charge on any atom is 0.414 e. The number of thiophene rings is 1. The Morgan fingerprint density at radius 1 is 1.06 bits per heavy atom. The van der Waals surface area contributed by atoms with E-state index in [2.05, 4.69) is 25.7 Å². The SMILES string of the molecule is CC(C)(C)c1ccc(S(=O)(=O)N(CCCN2CCOCC2)Cc2cccs2)cc1.O.O=C(O)C(=O)O. The Balaban J connectivity index is 0.000000827. The molecule has 10 nitrogen and oxygen atoms in total. The number of carboxylic acids is 2. The maximum absolute atomic E-state index is 13.4. The summed E-state index contributed by atoms with van der Waals surface area (Å²) in [7, 11) is -3.55. The number of hydrogen-bond donors (Lipinski definition) is 2. The number of hydrogen-bond acceptors (Lipinski definition) is 7. The largest absolute Gasteiger partial charge is 0.473 e. The first kappa shape index (κ1) is 31.7. The lowest BCUT2D eigenvalue weighted by Crippen LogP contribution is -2.39. The molecule has 1 aromatic heterocycles. The third-order valence-corrected chi connectivity index (χ3v) is 8.16. The first-order valence-corrected chi connectivity index (χ1v) is 13.6. The summed E-state index contributed by atoms with van der Waals surface area (Å²) in [6.45, 7) is 11.6. The Morgan fingerprint density at radius 2 is 1.64 bits per heavy atom. The molecule has 0 amide bonds. The summed E-state index contributed by atoms with van der Waals surface area (Å²) in [5, 5.41) is 16.8. The molecule has 0 bridgehead atoms. The molecule has 0 saturated carbocycles. The van der Waals surface area contributed by atoms with Crippen LogP contribution in [0.25, 0.3) is 0 Å². The van der Waals surface area contributed by atoms with Crippen molar-refractivity contribution < 1.29 is 38.4 Å². The van der Waals surface area contributed by atoms with Crippen molar-refractivity contribution in [2.75, 3.05) is 39.4 Å². The molecule has 1 fully saturated rings. The van der Waals surface area contributed by atoms with Crippen LogP contribution < -0.4 is 0 Å². The van der Waals surface area contributed by atoms with Crippen LogP contribution in [0, 0.1) is 0 Å². The number of carbonyl (C=O) groups is 2. The topological polar surface area (TPSA) is 156 Å². The predicted octanol–water partition coefficient (Wildman–Crippen LogP) is 2.29. The van der Waals surface area contributed by atoms with Crippen molar-refractivity contribution in [1.82, 2.24) is 9.21 Å². The van der Waals surface area contributed by atoms with Crippen molar-refractivity contribution in [2.45, 2.75) is 44.0 Å². The molecule has 2 aromatic rings. The summed E-state index contributed by atoms with van der Waals surface area (Å²) in [6.07, 6.45) is 0.810. The molecule has 0 aliphatic carbocycles. The average molecular weight is 545 g/mol. The minimum absolute atomic E-state index is 0. The molecule has 0 atom stereocenters. The summed E-state index contributed by atoms with van der Waals surface area (Å²) < 4.78 is 33.8. The summed E-state index contributed by atoms with van der Waals surface area (Å²) in [6, 6.07) is 11.3. The van der Waals surface area contributed by atoms with Gasteiger partial charge in [-0.05, 0) is 47.5 Å². The molecule has 1 aliphatic rings. The lowest BCUT2D eigenvalue weighted by atomic mass is 9.87. The monoisotopic (exact) mass is 544 g/mol. The fourth-order valence-electron chi connectivity index (χ4n) is 3.43. The summed E-state index contributed by atoms with van der Waals surface area (Å²) in [4.78, 5) is 22.0. The van der Waals surface area contributed by atoms with E-state index in [0.29, 0.717) is 18.0 Å². The second-order valence-electron chi connectivity index (χ2n) is 9.11. The minimum Gasteiger partial charge on any atom is -0.473 e. The van der Waals surface area contributed by atoms with Crippen molar-refractivity contribution in [1.29, 1.82) is 0 Å². The smallest absolute Gasteiger partial charge is 0.414 e. The van der Waals surface area contributed by atoms with Gasteiger partial charge in [0.15, 0.2) is 0 Å². The zero-order chi connectivity index (χ0) is 26.1. The highest BCUT2D eigenvalue weighted by atomic mass is 32.2. The third kappa shape index (κ3) is 9.96. The van der Waals surface area contributed by atoms with Gasteiger partial charge in [-0.15, -0.1) is 11.3 Å². The van der Waals surface area contributed by atoms with Crippen molar-refractivity contribution in [3.63, 3.8) is 0 Å². The molecular formula is C24H36N2O8S2. The molecule has 0 unspecified atom stereocenters. The van der Waals surface area contributed by atoms with Crippen molar-refractivity contribution in [2.24, 2.45) is 0 Å². The predicted molar refractivity (Wildman–Crippen MR) is 138 cm³/mol. The van der Waals surface area contributed by atoms with E-state index in [4.69, 9.17) is 24.5 Å². The first-order valence-electron chi connectivity index (χ1n) is 11.3. The highest BCUT2D eigenvalue weighted by Gasteiger charge is 2.26. The lowest BCUT2D eigenvalue weighted by molar-refractivity contribution is -0.159. The molecule has 36 heavy (non-hydrogen) atoms. The highest BCUT2D eigenvalue weighted by molar-refractivity contribution is 7.89. The molecular weight excluding hydrogens is 508 g/mol. The molecule has 12 heteroatoms. The number of nitrogens with zero attached hydrogens (tertiary/aromatic N) is 2. The molecule has 3 rings (SSSR count). The molecule has 1 aromatic carbocycles. The Morgan fingerprint density at radius 3 is 2.11 bits per heavy atom. The van der Waals surface area contributed by atoms with Crippen LogP contribution in [0.3, 0.4) is 0 Å². The van der Waals surface area contributed by atoms with Crippen LogP contribution in [0.5, 0.6) is 0 Å². The molecule has 202 valence electrons. The molecule has 0 spiro atoms. The van der Waals surface area contributed by atoms with Crippen LogP contribution in [0.1, 0.15) is 37.6 Å². The second-order valence-corrected chi connectivity index (χ2v) is 12.1. The van der Waals surface area contributed by atoms with Crippen LogP contribution in [-0.2, 0) is 36.3 Å². The van der Waals surface area contributed by atoms with Crippen LogP contribution in [-0.4, -0.2) is 84.6 Å². The van der Waals surface area contributed by atoms with Gasteiger partial charge in [0.05, 0.1) is 18.1 Å². The number of benzene rings is 1. The summed E-state index contributed by atoms with van der Waals surface area (Å²) >= 11 is 1.60. The van der Waals surface area contributed by atoms with E-state index < -0.39 is 22.0 Å². The van der Waals surface area contributed by atoms with Gasteiger partial charge in [-0.3, -0.25) is 4.90 Å². The first-order chi connectivity index (χ1) is 16.4. The van der Waals surface area contributed by atoms with Gasteiger partial charge in [0.25, 0.3) is 0 Å². The molecule has 1 saturated heterocycles. The third-order valence-electron chi connectivity index (χ3n) is 5.44. The average Bonchev–Trinajstić information content (AvgIpc) is 3.32.